The van der Waals surface area contributed by atoms with Gasteiger partial charge in [0.15, 0.2) is 0 Å². The summed E-state index contributed by atoms with van der Waals surface area (Å²) in [5.41, 5.74) is 8.32. The number of aryl methyl sites for hydroxylation is 1. The molecule has 2 N–H and O–H groups in total. The van der Waals surface area contributed by atoms with Crippen LogP contribution in [0.25, 0.3) is 0 Å². The van der Waals surface area contributed by atoms with Crippen LogP contribution in [-0.4, -0.2) is 25.0 Å². The normalized spacial score (nSPS) is 13.1. The minimum atomic E-state index is 0.470. The van der Waals surface area contributed by atoms with E-state index in [1.165, 1.54) is 11.1 Å². The van der Waals surface area contributed by atoms with E-state index in [4.69, 9.17) is 5.73 Å². The highest BCUT2D eigenvalue weighted by atomic mass is 15.1. The lowest BCUT2D eigenvalue weighted by atomic mass is 10.0. The van der Waals surface area contributed by atoms with Gasteiger partial charge < -0.3 is 5.73 Å². The van der Waals surface area contributed by atoms with Gasteiger partial charge in [0.2, 0.25) is 0 Å². The van der Waals surface area contributed by atoms with Crippen LogP contribution in [-0.2, 0) is 6.42 Å². The van der Waals surface area contributed by atoms with Crippen molar-refractivity contribution in [3.05, 3.63) is 35.4 Å². The zero-order valence-electron chi connectivity index (χ0n) is 10.7. The Morgan fingerprint density at radius 2 is 1.88 bits per heavy atom. The van der Waals surface area contributed by atoms with Crippen molar-refractivity contribution < 1.29 is 0 Å². The minimum Gasteiger partial charge on any atom is -0.330 e. The number of benzene rings is 1. The Bertz CT molecular complexity index is 292. The average Bonchev–Trinajstić information content (AvgIpc) is 2.35. The second kappa shape index (κ2) is 6.66. The fraction of sp³-hybridized carbons (Fsp3) is 0.571. The van der Waals surface area contributed by atoms with Gasteiger partial charge in [-0.1, -0.05) is 31.2 Å². The van der Waals surface area contributed by atoms with Crippen LogP contribution in [0.3, 0.4) is 0 Å². The summed E-state index contributed by atoms with van der Waals surface area (Å²) in [6.45, 7) is 6.27. The Hall–Kier alpha value is -0.860. The number of hydrogen-bond donors (Lipinski definition) is 1. The molecule has 1 unspecified atom stereocenters. The summed E-state index contributed by atoms with van der Waals surface area (Å²) in [6, 6.07) is 9.40. The topological polar surface area (TPSA) is 29.3 Å². The maximum Gasteiger partial charge on any atom is 0.0316 e. The molecule has 2 nitrogen and oxygen atoms in total. The van der Waals surface area contributed by atoms with E-state index in [-0.39, 0.29) is 0 Å². The van der Waals surface area contributed by atoms with Crippen LogP contribution in [0.4, 0.5) is 0 Å². The van der Waals surface area contributed by atoms with Crippen molar-refractivity contribution in [2.75, 3.05) is 20.1 Å². The summed E-state index contributed by atoms with van der Waals surface area (Å²) in [7, 11) is 2.16. The number of nitrogens with two attached hydrogens (primary N) is 1. The smallest absolute Gasteiger partial charge is 0.0316 e. The number of hydrogen-bond acceptors (Lipinski definition) is 2. The van der Waals surface area contributed by atoms with E-state index in [0.29, 0.717) is 6.04 Å². The van der Waals surface area contributed by atoms with Crippen LogP contribution < -0.4 is 5.73 Å². The molecule has 1 rings (SSSR count). The lowest BCUT2D eigenvalue weighted by Gasteiger charge is -2.25. The molecule has 1 aromatic carbocycles. The molecular formula is C14H24N2. The molecule has 0 bridgehead atoms. The first-order valence-corrected chi connectivity index (χ1v) is 6.18. The molecule has 90 valence electrons. The Morgan fingerprint density at radius 1 is 1.25 bits per heavy atom. The second-order valence-electron chi connectivity index (χ2n) is 4.39. The Morgan fingerprint density at radius 3 is 2.38 bits per heavy atom. The summed E-state index contributed by atoms with van der Waals surface area (Å²) in [5.74, 6) is 0. The largest absolute Gasteiger partial charge is 0.330 e. The first-order chi connectivity index (χ1) is 7.69. The number of nitrogens with zero attached hydrogens (tertiary/aromatic N) is 1. The lowest BCUT2D eigenvalue weighted by molar-refractivity contribution is 0.260. The maximum atomic E-state index is 5.53. The van der Waals surface area contributed by atoms with Crippen molar-refractivity contribution in [3.63, 3.8) is 0 Å². The van der Waals surface area contributed by atoms with E-state index < -0.39 is 0 Å². The predicted octanol–water partition coefficient (Wildman–Crippen LogP) is 2.59. The summed E-state index contributed by atoms with van der Waals surface area (Å²) in [5, 5.41) is 0. The first-order valence-electron chi connectivity index (χ1n) is 6.18. The molecule has 1 atom stereocenters. The van der Waals surface area contributed by atoms with Crippen LogP contribution in [0.5, 0.6) is 0 Å². The Kier molecular flexibility index (Phi) is 5.50. The highest BCUT2D eigenvalue weighted by molar-refractivity contribution is 5.24. The van der Waals surface area contributed by atoms with Crippen molar-refractivity contribution in [2.24, 2.45) is 5.73 Å². The van der Waals surface area contributed by atoms with Crippen molar-refractivity contribution in [2.45, 2.75) is 32.7 Å². The van der Waals surface area contributed by atoms with Gasteiger partial charge in [-0.2, -0.15) is 0 Å². The quantitative estimate of drug-likeness (QED) is 0.798. The standard InChI is InChI=1S/C14H24N2/c1-4-13-6-8-14(9-7-13)12(2)16(3)11-5-10-15/h6-9,12H,4-5,10-11,15H2,1-3H3. The predicted molar refractivity (Wildman–Crippen MR) is 70.5 cm³/mol. The first kappa shape index (κ1) is 13.2. The zero-order valence-corrected chi connectivity index (χ0v) is 10.7. The van der Waals surface area contributed by atoms with Crippen molar-refractivity contribution >= 4 is 0 Å². The van der Waals surface area contributed by atoms with E-state index in [2.05, 4.69) is 50.1 Å². The maximum absolute atomic E-state index is 5.53. The number of rotatable bonds is 6. The lowest BCUT2D eigenvalue weighted by Crippen LogP contribution is -2.25. The third-order valence-corrected chi connectivity index (χ3v) is 3.25. The summed E-state index contributed by atoms with van der Waals surface area (Å²) >= 11 is 0. The van der Waals surface area contributed by atoms with Crippen LogP contribution in [0, 0.1) is 0 Å². The van der Waals surface area contributed by atoms with E-state index in [0.717, 1.165) is 25.9 Å². The van der Waals surface area contributed by atoms with Crippen LogP contribution in [0.1, 0.15) is 37.4 Å². The molecule has 16 heavy (non-hydrogen) atoms. The van der Waals surface area contributed by atoms with Crippen LogP contribution >= 0.6 is 0 Å². The van der Waals surface area contributed by atoms with Gasteiger partial charge in [-0.25, -0.2) is 0 Å². The van der Waals surface area contributed by atoms with Gasteiger partial charge in [-0.05, 0) is 51.0 Å². The molecule has 0 fully saturated rings. The Labute approximate surface area is 99.5 Å². The highest BCUT2D eigenvalue weighted by Crippen LogP contribution is 2.19. The minimum absolute atomic E-state index is 0.470. The molecule has 0 amide bonds. The molecule has 0 saturated heterocycles. The second-order valence-corrected chi connectivity index (χ2v) is 4.39. The summed E-state index contributed by atoms with van der Waals surface area (Å²) < 4.78 is 0. The van der Waals surface area contributed by atoms with Crippen molar-refractivity contribution in [1.82, 2.24) is 4.90 Å². The zero-order chi connectivity index (χ0) is 12.0. The third kappa shape index (κ3) is 3.62. The van der Waals surface area contributed by atoms with E-state index in [1.54, 1.807) is 0 Å². The van der Waals surface area contributed by atoms with Crippen molar-refractivity contribution in [3.8, 4) is 0 Å². The van der Waals surface area contributed by atoms with E-state index >= 15 is 0 Å². The van der Waals surface area contributed by atoms with Crippen LogP contribution in [0.2, 0.25) is 0 Å². The van der Waals surface area contributed by atoms with E-state index in [1.807, 2.05) is 0 Å². The monoisotopic (exact) mass is 220 g/mol. The molecule has 0 aliphatic carbocycles. The molecule has 0 heterocycles. The van der Waals surface area contributed by atoms with Gasteiger partial charge in [0.1, 0.15) is 0 Å². The average molecular weight is 220 g/mol. The van der Waals surface area contributed by atoms with Gasteiger partial charge in [-0.3, -0.25) is 4.90 Å². The molecule has 0 aliphatic heterocycles. The third-order valence-electron chi connectivity index (χ3n) is 3.25. The van der Waals surface area contributed by atoms with Gasteiger partial charge in [0.25, 0.3) is 0 Å². The molecule has 0 radical (unpaired) electrons. The fourth-order valence-corrected chi connectivity index (χ4v) is 1.82. The van der Waals surface area contributed by atoms with Gasteiger partial charge in [0, 0.05) is 6.04 Å². The van der Waals surface area contributed by atoms with Crippen molar-refractivity contribution in [1.29, 1.82) is 0 Å². The molecule has 0 spiro atoms. The fourth-order valence-electron chi connectivity index (χ4n) is 1.82. The van der Waals surface area contributed by atoms with Gasteiger partial charge >= 0.3 is 0 Å². The van der Waals surface area contributed by atoms with E-state index in [9.17, 15) is 0 Å². The summed E-state index contributed by atoms with van der Waals surface area (Å²) in [6.07, 6.45) is 2.17. The molecule has 0 aliphatic rings. The summed E-state index contributed by atoms with van der Waals surface area (Å²) in [4.78, 5) is 2.35. The molecule has 1 aromatic rings. The highest BCUT2D eigenvalue weighted by Gasteiger charge is 2.10. The molecule has 2 heteroatoms. The molecule has 0 saturated carbocycles. The van der Waals surface area contributed by atoms with Crippen LogP contribution in [0.15, 0.2) is 24.3 Å². The Balaban J connectivity index is 2.60. The van der Waals surface area contributed by atoms with Gasteiger partial charge in [0.05, 0.1) is 0 Å². The molecular weight excluding hydrogens is 196 g/mol. The van der Waals surface area contributed by atoms with Gasteiger partial charge in [-0.15, -0.1) is 0 Å². The SMILES string of the molecule is CCc1ccc(C(C)N(C)CCCN)cc1. The molecule has 0 aromatic heterocycles.